The SMILES string of the molecule is CCCCS(C(C)C)=P(O)(O)S. The third-order valence-corrected chi connectivity index (χ3v) is 9.58. The summed E-state index contributed by atoms with van der Waals surface area (Å²) >= 11 is 3.90. The average molecular weight is 230 g/mol. The summed E-state index contributed by atoms with van der Waals surface area (Å²) in [6, 6.07) is 0. The minimum atomic E-state index is -2.89. The van der Waals surface area contributed by atoms with Crippen molar-refractivity contribution in [3.63, 3.8) is 0 Å². The molecule has 0 amide bonds. The summed E-state index contributed by atoms with van der Waals surface area (Å²) in [6.45, 7) is 6.15. The predicted octanol–water partition coefficient (Wildman–Crippen LogP) is 2.41. The summed E-state index contributed by atoms with van der Waals surface area (Å²) in [6.07, 6.45) is 2.16. The topological polar surface area (TPSA) is 40.5 Å². The van der Waals surface area contributed by atoms with Crippen LogP contribution in [0.15, 0.2) is 0 Å². The Morgan fingerprint density at radius 3 is 2.17 bits per heavy atom. The van der Waals surface area contributed by atoms with Gasteiger partial charge in [-0.3, -0.25) is 0 Å². The van der Waals surface area contributed by atoms with Gasteiger partial charge in [0.2, 0.25) is 0 Å². The van der Waals surface area contributed by atoms with E-state index >= 15 is 0 Å². The van der Waals surface area contributed by atoms with Crippen LogP contribution in [0.3, 0.4) is 0 Å². The van der Waals surface area contributed by atoms with E-state index in [0.29, 0.717) is 5.25 Å². The van der Waals surface area contributed by atoms with Gasteiger partial charge in [0.05, 0.1) is 0 Å². The van der Waals surface area contributed by atoms with Crippen LogP contribution in [0, 0.1) is 0 Å². The van der Waals surface area contributed by atoms with Gasteiger partial charge in [0.25, 0.3) is 0 Å². The minimum absolute atomic E-state index is 0.307. The van der Waals surface area contributed by atoms with E-state index in [1.165, 1.54) is 0 Å². The molecule has 0 aromatic heterocycles. The van der Waals surface area contributed by atoms with Crippen molar-refractivity contribution in [2.75, 3.05) is 5.75 Å². The Morgan fingerprint density at radius 2 is 1.92 bits per heavy atom. The highest BCUT2D eigenvalue weighted by atomic mass is 32.9. The summed E-state index contributed by atoms with van der Waals surface area (Å²) in [4.78, 5) is 18.8. The largest absolute Gasteiger partial charge is 0.341 e. The van der Waals surface area contributed by atoms with Gasteiger partial charge >= 0.3 is 0 Å². The molecule has 0 aromatic carbocycles. The number of thiol groups is 1. The van der Waals surface area contributed by atoms with E-state index < -0.39 is 5.69 Å². The first kappa shape index (κ1) is 13.1. The lowest BCUT2D eigenvalue weighted by molar-refractivity contribution is 0.502. The van der Waals surface area contributed by atoms with Crippen LogP contribution >= 0.6 is 17.9 Å². The highest BCUT2D eigenvalue weighted by Gasteiger charge is 2.13. The Morgan fingerprint density at radius 1 is 1.42 bits per heavy atom. The van der Waals surface area contributed by atoms with Gasteiger partial charge in [-0.05, 0) is 17.4 Å². The van der Waals surface area contributed by atoms with Crippen LogP contribution in [0.4, 0.5) is 0 Å². The molecule has 5 heteroatoms. The van der Waals surface area contributed by atoms with Crippen LogP contribution in [0.25, 0.3) is 0 Å². The Labute approximate surface area is 82.7 Å². The molecule has 0 radical (unpaired) electrons. The smallest absolute Gasteiger partial charge is 0.199 e. The summed E-state index contributed by atoms with van der Waals surface area (Å²) in [5.74, 6) is 0.901. The van der Waals surface area contributed by atoms with Gasteiger partial charge in [0.1, 0.15) is 0 Å². The minimum Gasteiger partial charge on any atom is -0.341 e. The Bertz CT molecular complexity index is 178. The molecule has 76 valence electrons. The fraction of sp³-hybridized carbons (Fsp3) is 1.00. The first-order valence-corrected chi connectivity index (χ1v) is 9.08. The second kappa shape index (κ2) is 5.71. The lowest BCUT2D eigenvalue weighted by Crippen LogP contribution is -2.10. The van der Waals surface area contributed by atoms with Gasteiger partial charge < -0.3 is 9.79 Å². The maximum Gasteiger partial charge on any atom is 0.199 e. The molecule has 0 aromatic rings. The van der Waals surface area contributed by atoms with Crippen LogP contribution in [0.5, 0.6) is 0 Å². The third kappa shape index (κ3) is 4.93. The van der Waals surface area contributed by atoms with E-state index in [1.807, 2.05) is 13.8 Å². The molecule has 12 heavy (non-hydrogen) atoms. The number of rotatable bonds is 4. The molecule has 0 aliphatic rings. The van der Waals surface area contributed by atoms with Crippen LogP contribution in [-0.2, 0) is 10.1 Å². The molecule has 0 saturated heterocycles. The summed E-state index contributed by atoms with van der Waals surface area (Å²) in [5.41, 5.74) is -2.89. The third-order valence-electron chi connectivity index (χ3n) is 1.57. The fourth-order valence-electron chi connectivity index (χ4n) is 0.933. The van der Waals surface area contributed by atoms with E-state index in [-0.39, 0.29) is 10.1 Å². The van der Waals surface area contributed by atoms with E-state index in [1.54, 1.807) is 0 Å². The summed E-state index contributed by atoms with van der Waals surface area (Å²) in [7, 11) is -0.307. The molecule has 0 rings (SSSR count). The Kier molecular flexibility index (Phi) is 6.21. The molecule has 0 heterocycles. The van der Waals surface area contributed by atoms with Crippen molar-refractivity contribution in [1.82, 2.24) is 0 Å². The molecule has 0 aliphatic carbocycles. The second-order valence-electron chi connectivity index (χ2n) is 3.02. The van der Waals surface area contributed by atoms with Crippen LogP contribution < -0.4 is 0 Å². The standard InChI is InChI=1S/C7H19O2PS2/c1-4-5-6-12(7(2)3)10(8,9)11/h7-9,11H,4-6H2,1-3H3. The zero-order chi connectivity index (χ0) is 9.78. The van der Waals surface area contributed by atoms with E-state index in [2.05, 4.69) is 19.2 Å². The molecule has 0 saturated carbocycles. The van der Waals surface area contributed by atoms with Crippen molar-refractivity contribution in [2.45, 2.75) is 38.9 Å². The van der Waals surface area contributed by atoms with Crippen molar-refractivity contribution in [1.29, 1.82) is 0 Å². The van der Waals surface area contributed by atoms with Crippen molar-refractivity contribution in [2.24, 2.45) is 0 Å². The Hall–Kier alpha value is 1.05. The molecular formula is C7H19O2PS2. The molecule has 0 spiro atoms. The lowest BCUT2D eigenvalue weighted by Gasteiger charge is -2.19. The van der Waals surface area contributed by atoms with Gasteiger partial charge in [0.15, 0.2) is 5.69 Å². The van der Waals surface area contributed by atoms with Gasteiger partial charge in [-0.1, -0.05) is 39.4 Å². The molecule has 0 bridgehead atoms. The van der Waals surface area contributed by atoms with Crippen LogP contribution in [-0.4, -0.2) is 20.8 Å². The number of hydrogen-bond donors (Lipinski definition) is 3. The summed E-state index contributed by atoms with van der Waals surface area (Å²) in [5, 5.41) is 0.331. The molecule has 1 unspecified atom stereocenters. The predicted molar refractivity (Wildman–Crippen MR) is 62.6 cm³/mol. The normalized spacial score (nSPS) is 15.2. The molecule has 0 aliphatic heterocycles. The summed E-state index contributed by atoms with van der Waals surface area (Å²) < 4.78 is 0. The van der Waals surface area contributed by atoms with Crippen molar-refractivity contribution >= 4 is 28.0 Å². The van der Waals surface area contributed by atoms with Gasteiger partial charge in [-0.15, -0.1) is 10.1 Å². The maximum absolute atomic E-state index is 9.42. The zero-order valence-electron chi connectivity index (χ0n) is 7.90. The molecule has 2 nitrogen and oxygen atoms in total. The number of unbranched alkanes of at least 4 members (excludes halogenated alkanes) is 1. The lowest BCUT2D eigenvalue weighted by atomic mass is 10.4. The first-order chi connectivity index (χ1) is 5.39. The molecule has 0 fully saturated rings. The molecular weight excluding hydrogens is 211 g/mol. The van der Waals surface area contributed by atoms with Gasteiger partial charge in [-0.2, -0.15) is 0 Å². The Balaban J connectivity index is 4.46. The van der Waals surface area contributed by atoms with Crippen molar-refractivity contribution < 1.29 is 9.79 Å². The van der Waals surface area contributed by atoms with E-state index in [9.17, 15) is 9.79 Å². The van der Waals surface area contributed by atoms with Crippen LogP contribution in [0.2, 0.25) is 0 Å². The quantitative estimate of drug-likeness (QED) is 0.513. The molecule has 1 atom stereocenters. The monoisotopic (exact) mass is 230 g/mol. The van der Waals surface area contributed by atoms with Crippen molar-refractivity contribution in [3.8, 4) is 0 Å². The maximum atomic E-state index is 9.42. The van der Waals surface area contributed by atoms with Gasteiger partial charge in [0, 0.05) is 0 Å². The zero-order valence-corrected chi connectivity index (χ0v) is 10.5. The highest BCUT2D eigenvalue weighted by Crippen LogP contribution is 2.48. The first-order valence-electron chi connectivity index (χ1n) is 4.17. The van der Waals surface area contributed by atoms with E-state index in [4.69, 9.17) is 0 Å². The van der Waals surface area contributed by atoms with Crippen molar-refractivity contribution in [3.05, 3.63) is 0 Å². The fourth-order valence-corrected chi connectivity index (χ4v) is 8.05. The average Bonchev–Trinajstić information content (AvgIpc) is 1.84. The van der Waals surface area contributed by atoms with Gasteiger partial charge in [-0.25, -0.2) is 0 Å². The molecule has 2 N–H and O–H groups in total. The second-order valence-corrected chi connectivity index (χ2v) is 11.6. The van der Waals surface area contributed by atoms with E-state index in [0.717, 1.165) is 18.6 Å². The number of hydrogen-bond acceptors (Lipinski definition) is 0. The highest BCUT2D eigenvalue weighted by molar-refractivity contribution is 8.65. The van der Waals surface area contributed by atoms with Crippen LogP contribution in [0.1, 0.15) is 33.6 Å².